The SMILES string of the molecule is C[C@@H](C#N)NC(=O)c1cc(F)ccc1Cl. The summed E-state index contributed by atoms with van der Waals surface area (Å²) in [5.74, 6) is -1.11. The van der Waals surface area contributed by atoms with E-state index in [-0.39, 0.29) is 10.6 Å². The third kappa shape index (κ3) is 2.93. The van der Waals surface area contributed by atoms with Crippen LogP contribution in [0.5, 0.6) is 0 Å². The Morgan fingerprint density at radius 2 is 2.33 bits per heavy atom. The molecule has 0 aliphatic carbocycles. The maximum absolute atomic E-state index is 12.8. The van der Waals surface area contributed by atoms with Gasteiger partial charge in [0.2, 0.25) is 0 Å². The van der Waals surface area contributed by atoms with Gasteiger partial charge in [-0.1, -0.05) is 11.6 Å². The first kappa shape index (κ1) is 11.5. The van der Waals surface area contributed by atoms with E-state index in [9.17, 15) is 9.18 Å². The monoisotopic (exact) mass is 226 g/mol. The van der Waals surface area contributed by atoms with Gasteiger partial charge in [0.25, 0.3) is 5.91 Å². The van der Waals surface area contributed by atoms with Gasteiger partial charge in [-0.25, -0.2) is 4.39 Å². The van der Waals surface area contributed by atoms with Crippen molar-refractivity contribution in [2.45, 2.75) is 13.0 Å². The Labute approximate surface area is 91.5 Å². The van der Waals surface area contributed by atoms with Crippen molar-refractivity contribution in [1.29, 1.82) is 5.26 Å². The van der Waals surface area contributed by atoms with Gasteiger partial charge in [-0.2, -0.15) is 5.26 Å². The van der Waals surface area contributed by atoms with Crippen molar-refractivity contribution < 1.29 is 9.18 Å². The van der Waals surface area contributed by atoms with E-state index in [0.29, 0.717) is 0 Å². The zero-order valence-electron chi connectivity index (χ0n) is 7.92. The lowest BCUT2D eigenvalue weighted by Crippen LogP contribution is -2.31. The Hall–Kier alpha value is -1.60. The number of carbonyl (C=O) groups is 1. The minimum Gasteiger partial charge on any atom is -0.336 e. The molecular formula is C10H8ClFN2O. The van der Waals surface area contributed by atoms with E-state index in [1.54, 1.807) is 0 Å². The van der Waals surface area contributed by atoms with Crippen LogP contribution in [0, 0.1) is 17.1 Å². The molecule has 0 aromatic heterocycles. The highest BCUT2D eigenvalue weighted by molar-refractivity contribution is 6.33. The summed E-state index contributed by atoms with van der Waals surface area (Å²) < 4.78 is 12.8. The average Bonchev–Trinajstić information content (AvgIpc) is 2.21. The van der Waals surface area contributed by atoms with Crippen LogP contribution in [0.15, 0.2) is 18.2 Å². The quantitative estimate of drug-likeness (QED) is 0.840. The van der Waals surface area contributed by atoms with Crippen LogP contribution in [-0.2, 0) is 0 Å². The molecule has 0 fully saturated rings. The lowest BCUT2D eigenvalue weighted by atomic mass is 10.2. The number of hydrogen-bond donors (Lipinski definition) is 1. The molecule has 3 nitrogen and oxygen atoms in total. The summed E-state index contributed by atoms with van der Waals surface area (Å²) in [4.78, 5) is 11.5. The van der Waals surface area contributed by atoms with Gasteiger partial charge >= 0.3 is 0 Å². The van der Waals surface area contributed by atoms with Crippen LogP contribution < -0.4 is 5.32 Å². The van der Waals surface area contributed by atoms with Crippen molar-refractivity contribution in [3.05, 3.63) is 34.6 Å². The van der Waals surface area contributed by atoms with Crippen molar-refractivity contribution in [3.63, 3.8) is 0 Å². The van der Waals surface area contributed by atoms with E-state index in [4.69, 9.17) is 16.9 Å². The molecule has 0 aliphatic heterocycles. The molecule has 5 heteroatoms. The zero-order chi connectivity index (χ0) is 11.4. The summed E-state index contributed by atoms with van der Waals surface area (Å²) in [7, 11) is 0. The lowest BCUT2D eigenvalue weighted by molar-refractivity contribution is 0.0947. The number of benzene rings is 1. The minimum absolute atomic E-state index is 0.0266. The molecule has 0 bridgehead atoms. The number of nitrogens with zero attached hydrogens (tertiary/aromatic N) is 1. The van der Waals surface area contributed by atoms with Crippen molar-refractivity contribution in [2.75, 3.05) is 0 Å². The molecule has 0 saturated carbocycles. The van der Waals surface area contributed by atoms with E-state index < -0.39 is 17.8 Å². The van der Waals surface area contributed by atoms with Crippen LogP contribution in [0.4, 0.5) is 4.39 Å². The standard InChI is InChI=1S/C10H8ClFN2O/c1-6(5-13)14-10(15)8-4-7(12)2-3-9(8)11/h2-4,6H,1H3,(H,14,15)/t6-/m0/s1. The summed E-state index contributed by atoms with van der Waals surface area (Å²) in [6.45, 7) is 1.52. The van der Waals surface area contributed by atoms with Gasteiger partial charge < -0.3 is 5.32 Å². The highest BCUT2D eigenvalue weighted by Crippen LogP contribution is 2.16. The van der Waals surface area contributed by atoms with E-state index in [1.807, 2.05) is 6.07 Å². The van der Waals surface area contributed by atoms with Crippen molar-refractivity contribution in [3.8, 4) is 6.07 Å². The highest BCUT2D eigenvalue weighted by Gasteiger charge is 2.13. The van der Waals surface area contributed by atoms with Gasteiger partial charge in [0.1, 0.15) is 11.9 Å². The third-order valence-corrected chi connectivity index (χ3v) is 2.04. The number of hydrogen-bond acceptors (Lipinski definition) is 2. The summed E-state index contributed by atoms with van der Waals surface area (Å²) in [5.41, 5.74) is 0.0266. The second-order valence-electron chi connectivity index (χ2n) is 2.95. The number of nitriles is 1. The fraction of sp³-hybridized carbons (Fsp3) is 0.200. The van der Waals surface area contributed by atoms with Gasteiger partial charge in [0, 0.05) is 0 Å². The van der Waals surface area contributed by atoms with Crippen LogP contribution >= 0.6 is 11.6 Å². The number of nitrogens with one attached hydrogen (secondary N) is 1. The van der Waals surface area contributed by atoms with Crippen LogP contribution in [0.2, 0.25) is 5.02 Å². The third-order valence-electron chi connectivity index (χ3n) is 1.71. The zero-order valence-corrected chi connectivity index (χ0v) is 8.68. The Morgan fingerprint density at radius 1 is 1.67 bits per heavy atom. The molecule has 0 aliphatic rings. The maximum Gasteiger partial charge on any atom is 0.253 e. The highest BCUT2D eigenvalue weighted by atomic mass is 35.5. The van der Waals surface area contributed by atoms with E-state index in [1.165, 1.54) is 13.0 Å². The summed E-state index contributed by atoms with van der Waals surface area (Å²) in [6.07, 6.45) is 0. The molecule has 1 aromatic rings. The van der Waals surface area contributed by atoms with Crippen LogP contribution in [0.25, 0.3) is 0 Å². The molecule has 15 heavy (non-hydrogen) atoms. The molecule has 1 atom stereocenters. The predicted octanol–water partition coefficient (Wildman–Crippen LogP) is 2.12. The smallest absolute Gasteiger partial charge is 0.253 e. The van der Waals surface area contributed by atoms with E-state index in [0.717, 1.165) is 12.1 Å². The van der Waals surface area contributed by atoms with Crippen LogP contribution in [0.1, 0.15) is 17.3 Å². The van der Waals surface area contributed by atoms with Crippen molar-refractivity contribution in [1.82, 2.24) is 5.32 Å². The molecule has 1 aromatic carbocycles. The molecule has 0 heterocycles. The number of carbonyl (C=O) groups excluding carboxylic acids is 1. The summed E-state index contributed by atoms with van der Waals surface area (Å²) in [6, 6.07) is 4.67. The van der Waals surface area contributed by atoms with Gasteiger partial charge in [-0.05, 0) is 25.1 Å². The lowest BCUT2D eigenvalue weighted by Gasteiger charge is -2.07. The maximum atomic E-state index is 12.8. The molecule has 78 valence electrons. The molecule has 0 radical (unpaired) electrons. The average molecular weight is 227 g/mol. The second kappa shape index (κ2) is 4.76. The van der Waals surface area contributed by atoms with E-state index in [2.05, 4.69) is 5.32 Å². The van der Waals surface area contributed by atoms with Crippen LogP contribution in [0.3, 0.4) is 0 Å². The van der Waals surface area contributed by atoms with Gasteiger partial charge in [-0.15, -0.1) is 0 Å². The Balaban J connectivity index is 2.92. The Kier molecular flexibility index (Phi) is 3.64. The fourth-order valence-electron chi connectivity index (χ4n) is 0.978. The predicted molar refractivity (Wildman–Crippen MR) is 54.0 cm³/mol. The first-order chi connectivity index (χ1) is 7.04. The van der Waals surface area contributed by atoms with E-state index >= 15 is 0 Å². The second-order valence-corrected chi connectivity index (χ2v) is 3.36. The van der Waals surface area contributed by atoms with Crippen LogP contribution in [-0.4, -0.2) is 11.9 Å². The topological polar surface area (TPSA) is 52.9 Å². The molecule has 1 N–H and O–H groups in total. The van der Waals surface area contributed by atoms with Crippen molar-refractivity contribution >= 4 is 17.5 Å². The Morgan fingerprint density at radius 3 is 2.93 bits per heavy atom. The normalized spacial score (nSPS) is 11.6. The number of halogens is 2. The molecule has 0 saturated heterocycles. The first-order valence-corrected chi connectivity index (χ1v) is 4.58. The first-order valence-electron chi connectivity index (χ1n) is 4.20. The van der Waals surface area contributed by atoms with Gasteiger partial charge in [-0.3, -0.25) is 4.79 Å². The van der Waals surface area contributed by atoms with Gasteiger partial charge in [0.15, 0.2) is 0 Å². The fourth-order valence-corrected chi connectivity index (χ4v) is 1.18. The summed E-state index contributed by atoms with van der Waals surface area (Å²) in [5, 5.41) is 11.0. The number of amides is 1. The largest absolute Gasteiger partial charge is 0.336 e. The minimum atomic E-state index is -0.642. The van der Waals surface area contributed by atoms with Gasteiger partial charge in [0.05, 0.1) is 16.7 Å². The molecular weight excluding hydrogens is 219 g/mol. The molecule has 0 unspecified atom stereocenters. The Bertz CT molecular complexity index is 428. The number of rotatable bonds is 2. The molecule has 0 spiro atoms. The summed E-state index contributed by atoms with van der Waals surface area (Å²) >= 11 is 5.71. The molecule has 1 amide bonds. The van der Waals surface area contributed by atoms with Crippen molar-refractivity contribution in [2.24, 2.45) is 0 Å². The molecule has 1 rings (SSSR count).